The van der Waals surface area contributed by atoms with E-state index >= 15 is 0 Å². The van der Waals surface area contributed by atoms with Gasteiger partial charge in [-0.3, -0.25) is 19.1 Å². The summed E-state index contributed by atoms with van der Waals surface area (Å²) in [5.41, 5.74) is -0.417. The number of hydrogen-bond acceptors (Lipinski definition) is 10. The summed E-state index contributed by atoms with van der Waals surface area (Å²) in [5, 5.41) is 14.2. The molecule has 296 valence electrons. The van der Waals surface area contributed by atoms with Gasteiger partial charge in [-0.1, -0.05) is 31.9 Å². The number of carbonyl (C=O) groups is 4. The Balaban J connectivity index is 1.08. The van der Waals surface area contributed by atoms with E-state index in [4.69, 9.17) is 9.47 Å². The molecule has 0 unspecified atom stereocenters. The van der Waals surface area contributed by atoms with Crippen molar-refractivity contribution < 1.29 is 37.1 Å². The molecule has 1 aromatic heterocycles. The van der Waals surface area contributed by atoms with Crippen molar-refractivity contribution in [2.24, 2.45) is 5.92 Å². The predicted molar refractivity (Wildman–Crippen MR) is 204 cm³/mol. The van der Waals surface area contributed by atoms with E-state index in [0.29, 0.717) is 44.7 Å². The van der Waals surface area contributed by atoms with Crippen molar-refractivity contribution in [2.45, 2.75) is 118 Å². The number of urea groups is 1. The Bertz CT molecular complexity index is 2000. The number of ether oxygens (including phenoxy) is 2. The lowest BCUT2D eigenvalue weighted by atomic mass is 10.0. The van der Waals surface area contributed by atoms with Gasteiger partial charge in [-0.15, -0.1) is 0 Å². The molecule has 0 bridgehead atoms. The summed E-state index contributed by atoms with van der Waals surface area (Å²) in [5.74, 6) is -0.804. The van der Waals surface area contributed by atoms with Gasteiger partial charge in [-0.2, -0.15) is 0 Å². The lowest BCUT2D eigenvalue weighted by Crippen LogP contribution is -2.59. The Hall–Kier alpha value is -4.44. The second-order valence-corrected chi connectivity index (χ2v) is 18.1. The minimum absolute atomic E-state index is 0.0390. The lowest BCUT2D eigenvalue weighted by Gasteiger charge is -2.30. The van der Waals surface area contributed by atoms with Gasteiger partial charge in [0.15, 0.2) is 0 Å². The molecular formula is C39H51N7O8S. The topological polar surface area (TPSA) is 197 Å². The van der Waals surface area contributed by atoms with Crippen LogP contribution in [0.3, 0.4) is 0 Å². The normalized spacial score (nSPS) is 29.7. The largest absolute Gasteiger partial charge is 0.493 e. The van der Waals surface area contributed by atoms with Crippen LogP contribution < -0.4 is 30.7 Å². The van der Waals surface area contributed by atoms with Crippen LogP contribution in [0.25, 0.3) is 10.8 Å². The summed E-state index contributed by atoms with van der Waals surface area (Å²) in [4.78, 5) is 62.4. The zero-order chi connectivity index (χ0) is 38.4. The molecule has 2 aromatic rings. The van der Waals surface area contributed by atoms with Crippen LogP contribution in [0.2, 0.25) is 0 Å². The fraction of sp³-hybridized carbons (Fsp3) is 0.615. The van der Waals surface area contributed by atoms with E-state index in [0.717, 1.165) is 54.2 Å². The molecule has 6 aliphatic rings. The first-order chi connectivity index (χ1) is 26.5. The molecule has 15 nitrogen and oxygen atoms in total. The number of benzene rings is 1. The summed E-state index contributed by atoms with van der Waals surface area (Å²) >= 11 is 0. The number of nitrogens with zero attached hydrogens (tertiary/aromatic N) is 2. The molecule has 4 heterocycles. The predicted octanol–water partition coefficient (Wildman–Crippen LogP) is 2.79. The highest BCUT2D eigenvalue weighted by atomic mass is 32.2. The third kappa shape index (κ3) is 7.34. The van der Waals surface area contributed by atoms with Gasteiger partial charge in [0, 0.05) is 54.7 Å². The van der Waals surface area contributed by atoms with E-state index in [9.17, 15) is 27.6 Å². The monoisotopic (exact) mass is 777 g/mol. The fourth-order valence-corrected chi connectivity index (χ4v) is 10.6. The van der Waals surface area contributed by atoms with E-state index in [2.05, 4.69) is 31.0 Å². The number of nitrogens with one attached hydrogen (secondary N) is 5. The SMILES string of the molecule is CCC1(S(=O)(=O)NC(=O)[C@@]23C[C@H]2/C=C\COCCC[C@H](NC(=O)NC2CCCC2)C(=O)N2C[C@H](Nc4nccc5c6c(ccc45)OCC6)C[C@H]2C(=O)N3)CC1. The number of fused-ring (bicyclic) bond motifs is 5. The van der Waals surface area contributed by atoms with Gasteiger partial charge in [0.2, 0.25) is 21.8 Å². The zero-order valence-corrected chi connectivity index (χ0v) is 32.0. The van der Waals surface area contributed by atoms with Gasteiger partial charge in [0.1, 0.15) is 29.2 Å². The molecule has 0 radical (unpaired) electrons. The quantitative estimate of drug-likeness (QED) is 0.249. The molecule has 5 atom stereocenters. The van der Waals surface area contributed by atoms with Crippen molar-refractivity contribution in [3.05, 3.63) is 42.1 Å². The van der Waals surface area contributed by atoms with E-state index in [1.165, 1.54) is 4.90 Å². The maximum atomic E-state index is 14.6. The summed E-state index contributed by atoms with van der Waals surface area (Å²) in [6.45, 7) is 3.07. The standard InChI is InChI=1S/C39H51N7O8S/c1-2-38(15-16-38)55(51,52)45-36(49)39-22-24(39)7-5-18-53-19-6-10-30(43-37(50)42-25-8-3-4-9-25)35(48)46-23-26(21-31(46)34(47)44-39)41-33-29-11-12-32-28(14-20-54-32)27(29)13-17-40-33/h5,7,11-13,17,24-26,30-31H,2-4,6,8-10,14-16,18-23H2,1H3,(H,40,41)(H,44,47)(H,45,49)(H2,42,43,50)/b7-5-/t24-,26-,30+,31+,39-/m1/s1. The molecule has 1 saturated heterocycles. The number of rotatable bonds is 8. The van der Waals surface area contributed by atoms with E-state index in [1.807, 2.05) is 18.2 Å². The van der Waals surface area contributed by atoms with Crippen LogP contribution in [0.4, 0.5) is 10.6 Å². The maximum Gasteiger partial charge on any atom is 0.315 e. The highest BCUT2D eigenvalue weighted by Gasteiger charge is 2.63. The fourth-order valence-electron chi connectivity index (χ4n) is 8.93. The number of hydrogen-bond donors (Lipinski definition) is 5. The second kappa shape index (κ2) is 14.9. The van der Waals surface area contributed by atoms with Crippen molar-refractivity contribution in [2.75, 3.05) is 31.7 Å². The van der Waals surface area contributed by atoms with Gasteiger partial charge in [0.25, 0.3) is 5.91 Å². The Kier molecular flexibility index (Phi) is 10.2. The summed E-state index contributed by atoms with van der Waals surface area (Å²) in [6, 6.07) is 3.05. The van der Waals surface area contributed by atoms with Crippen molar-refractivity contribution in [3.63, 3.8) is 0 Å². The minimum atomic E-state index is -4.00. The van der Waals surface area contributed by atoms with Crippen LogP contribution in [0.1, 0.15) is 83.1 Å². The zero-order valence-electron chi connectivity index (χ0n) is 31.2. The molecule has 16 heteroatoms. The number of aromatic nitrogens is 1. The van der Waals surface area contributed by atoms with Crippen LogP contribution in [0.5, 0.6) is 5.75 Å². The molecule has 3 aliphatic carbocycles. The lowest BCUT2D eigenvalue weighted by molar-refractivity contribution is -0.141. The highest BCUT2D eigenvalue weighted by molar-refractivity contribution is 7.91. The van der Waals surface area contributed by atoms with Gasteiger partial charge in [0.05, 0.1) is 18.0 Å². The number of carbonyl (C=O) groups excluding carboxylic acids is 4. The number of pyridine rings is 1. The van der Waals surface area contributed by atoms with Crippen LogP contribution in [0, 0.1) is 5.92 Å². The molecule has 1 aromatic carbocycles. The third-order valence-corrected chi connectivity index (χ3v) is 14.8. The minimum Gasteiger partial charge on any atom is -0.493 e. The Morgan fingerprint density at radius 1 is 1.02 bits per heavy atom. The smallest absolute Gasteiger partial charge is 0.315 e. The highest BCUT2D eigenvalue weighted by Crippen LogP contribution is 2.49. The van der Waals surface area contributed by atoms with Crippen molar-refractivity contribution in [1.29, 1.82) is 0 Å². The Labute approximate surface area is 321 Å². The van der Waals surface area contributed by atoms with Gasteiger partial charge < -0.3 is 35.6 Å². The van der Waals surface area contributed by atoms with Gasteiger partial charge >= 0.3 is 6.03 Å². The van der Waals surface area contributed by atoms with Gasteiger partial charge in [-0.05, 0) is 81.4 Å². The molecule has 5 amide bonds. The third-order valence-electron chi connectivity index (χ3n) is 12.5. The average Bonchev–Trinajstić information content (AvgIpc) is 3.84. The molecule has 8 rings (SSSR count). The molecule has 3 saturated carbocycles. The van der Waals surface area contributed by atoms with Crippen LogP contribution in [-0.4, -0.2) is 103 Å². The van der Waals surface area contributed by atoms with Crippen LogP contribution >= 0.6 is 0 Å². The van der Waals surface area contributed by atoms with Gasteiger partial charge in [-0.25, -0.2) is 18.2 Å². The molecule has 3 aliphatic heterocycles. The number of anilines is 1. The Morgan fingerprint density at radius 3 is 2.62 bits per heavy atom. The van der Waals surface area contributed by atoms with Crippen molar-refractivity contribution in [3.8, 4) is 5.75 Å². The molecule has 0 spiro atoms. The van der Waals surface area contributed by atoms with Crippen LogP contribution in [0.15, 0.2) is 36.5 Å². The second-order valence-electron chi connectivity index (χ2n) is 16.0. The maximum absolute atomic E-state index is 14.6. The first-order valence-corrected chi connectivity index (χ1v) is 21.3. The van der Waals surface area contributed by atoms with E-state index in [-0.39, 0.29) is 38.5 Å². The molecule has 4 fully saturated rings. The average molecular weight is 778 g/mol. The summed E-state index contributed by atoms with van der Waals surface area (Å²) in [6.07, 6.45) is 12.3. The summed E-state index contributed by atoms with van der Waals surface area (Å²) in [7, 11) is -4.00. The van der Waals surface area contributed by atoms with E-state index in [1.54, 1.807) is 25.3 Å². The molecular weight excluding hydrogens is 727 g/mol. The molecule has 5 N–H and O–H groups in total. The summed E-state index contributed by atoms with van der Waals surface area (Å²) < 4.78 is 39.7. The van der Waals surface area contributed by atoms with Crippen molar-refractivity contribution in [1.82, 2.24) is 30.6 Å². The number of sulfonamides is 1. The molecule has 55 heavy (non-hydrogen) atoms. The first kappa shape index (κ1) is 37.5. The number of amides is 5. The van der Waals surface area contributed by atoms with Crippen LogP contribution in [-0.2, 0) is 35.6 Å². The van der Waals surface area contributed by atoms with Crippen molar-refractivity contribution >= 4 is 50.4 Å². The first-order valence-electron chi connectivity index (χ1n) is 19.8. The van der Waals surface area contributed by atoms with E-state index < -0.39 is 68.1 Å². The Morgan fingerprint density at radius 2 is 1.84 bits per heavy atom.